The topological polar surface area (TPSA) is 25.4 Å². The summed E-state index contributed by atoms with van der Waals surface area (Å²) in [4.78, 5) is 6.59. The predicted molar refractivity (Wildman–Crippen MR) is 112 cm³/mol. The third-order valence-electron chi connectivity index (χ3n) is 5.56. The Balaban J connectivity index is 1.40. The lowest BCUT2D eigenvalue weighted by atomic mass is 9.97. The zero-order chi connectivity index (χ0) is 21.1. The highest BCUT2D eigenvalue weighted by Crippen LogP contribution is 2.32. The molecule has 0 radical (unpaired) electrons. The van der Waals surface area contributed by atoms with E-state index in [0.29, 0.717) is 11.4 Å². The minimum absolute atomic E-state index is 0.593. The minimum Gasteiger partial charge on any atom is -0.481 e. The lowest BCUT2D eigenvalue weighted by Gasteiger charge is -2.26. The van der Waals surface area contributed by atoms with Crippen molar-refractivity contribution in [3.05, 3.63) is 77.5 Å². The number of hydrogen-bond donors (Lipinski definition) is 0. The van der Waals surface area contributed by atoms with Crippen molar-refractivity contribution in [2.75, 3.05) is 26.7 Å². The van der Waals surface area contributed by atoms with Gasteiger partial charge in [0.25, 0.3) is 0 Å². The average Bonchev–Trinajstić information content (AvgIpc) is 2.77. The molecular formula is C24H23F3N2O. The van der Waals surface area contributed by atoms with Crippen LogP contribution in [0.5, 0.6) is 5.88 Å². The third kappa shape index (κ3) is 4.49. The molecule has 1 aliphatic rings. The maximum absolute atomic E-state index is 13.0. The van der Waals surface area contributed by atoms with Crippen LogP contribution in [0.3, 0.4) is 0 Å². The summed E-state index contributed by atoms with van der Waals surface area (Å²) < 4.78 is 44.3. The Morgan fingerprint density at radius 1 is 1.10 bits per heavy atom. The minimum atomic E-state index is -4.31. The molecule has 3 aromatic rings. The monoisotopic (exact) mass is 412 g/mol. The van der Waals surface area contributed by atoms with Crippen LogP contribution in [-0.2, 0) is 12.6 Å². The molecule has 0 aliphatic carbocycles. The van der Waals surface area contributed by atoms with Gasteiger partial charge in [-0.15, -0.1) is 0 Å². The van der Waals surface area contributed by atoms with Gasteiger partial charge in [-0.05, 0) is 59.2 Å². The standard InChI is InChI=1S/C24H23F3N2O/c1-30-23-22-15-17(5-6-19(22)7-11-28-23)8-12-29-13-9-18(10-14-29)20-3-2-4-21(16-20)24(25,26)27/h2-7,9,11,15-16H,8,10,12-14H2,1H3. The van der Waals surface area contributed by atoms with Crippen LogP contribution >= 0.6 is 0 Å². The number of fused-ring (bicyclic) bond motifs is 1. The highest BCUT2D eigenvalue weighted by atomic mass is 19.4. The van der Waals surface area contributed by atoms with Gasteiger partial charge in [0.2, 0.25) is 5.88 Å². The Morgan fingerprint density at radius 3 is 2.70 bits per heavy atom. The molecule has 1 aromatic heterocycles. The largest absolute Gasteiger partial charge is 0.481 e. The van der Waals surface area contributed by atoms with E-state index in [1.165, 1.54) is 17.7 Å². The first kappa shape index (κ1) is 20.4. The summed E-state index contributed by atoms with van der Waals surface area (Å²) in [5.41, 5.74) is 2.27. The Bertz CT molecular complexity index is 1080. The number of benzene rings is 2. The van der Waals surface area contributed by atoms with Gasteiger partial charge in [-0.2, -0.15) is 13.2 Å². The maximum atomic E-state index is 13.0. The molecule has 0 unspecified atom stereocenters. The van der Waals surface area contributed by atoms with Gasteiger partial charge in [0.15, 0.2) is 0 Å². The van der Waals surface area contributed by atoms with Crippen LogP contribution in [0.2, 0.25) is 0 Å². The summed E-state index contributed by atoms with van der Waals surface area (Å²) in [7, 11) is 1.62. The van der Waals surface area contributed by atoms with Crippen molar-refractivity contribution >= 4 is 16.3 Å². The average molecular weight is 412 g/mol. The molecule has 0 spiro atoms. The van der Waals surface area contributed by atoms with Crippen LogP contribution in [0.15, 0.2) is 60.8 Å². The van der Waals surface area contributed by atoms with E-state index < -0.39 is 11.7 Å². The summed E-state index contributed by atoms with van der Waals surface area (Å²) in [5.74, 6) is 0.626. The molecule has 2 heterocycles. The molecule has 0 saturated heterocycles. The molecule has 0 N–H and O–H groups in total. The van der Waals surface area contributed by atoms with E-state index in [4.69, 9.17) is 4.74 Å². The van der Waals surface area contributed by atoms with Gasteiger partial charge in [-0.25, -0.2) is 4.98 Å². The summed E-state index contributed by atoms with van der Waals surface area (Å²) in [5, 5.41) is 2.10. The van der Waals surface area contributed by atoms with E-state index in [9.17, 15) is 13.2 Å². The van der Waals surface area contributed by atoms with Crippen molar-refractivity contribution in [2.24, 2.45) is 0 Å². The number of methoxy groups -OCH3 is 1. The van der Waals surface area contributed by atoms with Gasteiger partial charge in [-0.3, -0.25) is 4.90 Å². The van der Waals surface area contributed by atoms with Crippen molar-refractivity contribution in [3.8, 4) is 5.88 Å². The molecule has 1 aliphatic heterocycles. The quantitative estimate of drug-likeness (QED) is 0.546. The molecular weight excluding hydrogens is 389 g/mol. The summed E-state index contributed by atoms with van der Waals surface area (Å²) in [6, 6.07) is 13.9. The van der Waals surface area contributed by atoms with E-state index >= 15 is 0 Å². The third-order valence-corrected chi connectivity index (χ3v) is 5.56. The van der Waals surface area contributed by atoms with Crippen LogP contribution in [-0.4, -0.2) is 36.6 Å². The lowest BCUT2D eigenvalue weighted by Crippen LogP contribution is -2.30. The number of nitrogens with zero attached hydrogens (tertiary/aromatic N) is 2. The molecule has 30 heavy (non-hydrogen) atoms. The van der Waals surface area contributed by atoms with E-state index in [0.717, 1.165) is 54.9 Å². The molecule has 0 fully saturated rings. The molecule has 156 valence electrons. The smallest absolute Gasteiger partial charge is 0.416 e. The van der Waals surface area contributed by atoms with E-state index in [-0.39, 0.29) is 0 Å². The summed E-state index contributed by atoms with van der Waals surface area (Å²) >= 11 is 0. The van der Waals surface area contributed by atoms with Gasteiger partial charge < -0.3 is 4.74 Å². The van der Waals surface area contributed by atoms with Gasteiger partial charge in [0, 0.05) is 31.2 Å². The maximum Gasteiger partial charge on any atom is 0.416 e. The number of halogens is 3. The van der Waals surface area contributed by atoms with Crippen LogP contribution < -0.4 is 4.74 Å². The summed E-state index contributed by atoms with van der Waals surface area (Å²) in [6.45, 7) is 2.46. The number of rotatable bonds is 5. The molecule has 0 amide bonds. The zero-order valence-electron chi connectivity index (χ0n) is 16.7. The first-order chi connectivity index (χ1) is 14.4. The zero-order valence-corrected chi connectivity index (χ0v) is 16.7. The number of hydrogen-bond acceptors (Lipinski definition) is 3. The van der Waals surface area contributed by atoms with Crippen molar-refractivity contribution in [3.63, 3.8) is 0 Å². The van der Waals surface area contributed by atoms with Crippen molar-refractivity contribution < 1.29 is 17.9 Å². The van der Waals surface area contributed by atoms with Crippen LogP contribution in [0.1, 0.15) is 23.1 Å². The molecule has 0 saturated carbocycles. The molecule has 2 aromatic carbocycles. The SMILES string of the molecule is COc1nccc2ccc(CCN3CC=C(c4cccc(C(F)(F)F)c4)CC3)cc12. The van der Waals surface area contributed by atoms with Crippen molar-refractivity contribution in [2.45, 2.75) is 19.0 Å². The van der Waals surface area contributed by atoms with Crippen molar-refractivity contribution in [1.82, 2.24) is 9.88 Å². The van der Waals surface area contributed by atoms with E-state index in [1.54, 1.807) is 19.4 Å². The fourth-order valence-corrected chi connectivity index (χ4v) is 3.87. The Morgan fingerprint density at radius 2 is 1.97 bits per heavy atom. The van der Waals surface area contributed by atoms with Gasteiger partial charge in [0.1, 0.15) is 0 Å². The predicted octanol–water partition coefficient (Wildman–Crippen LogP) is 5.59. The second-order valence-electron chi connectivity index (χ2n) is 7.48. The number of alkyl halides is 3. The van der Waals surface area contributed by atoms with E-state index in [1.807, 2.05) is 12.1 Å². The highest BCUT2D eigenvalue weighted by molar-refractivity contribution is 5.87. The first-order valence-corrected chi connectivity index (χ1v) is 9.95. The molecule has 0 bridgehead atoms. The normalized spacial score (nSPS) is 15.3. The number of ether oxygens (including phenoxy) is 1. The fraction of sp³-hybridized carbons (Fsp3) is 0.292. The van der Waals surface area contributed by atoms with E-state index in [2.05, 4.69) is 28.1 Å². The Kier molecular flexibility index (Phi) is 5.77. The second kappa shape index (κ2) is 8.48. The van der Waals surface area contributed by atoms with Gasteiger partial charge >= 0.3 is 6.18 Å². The van der Waals surface area contributed by atoms with Crippen molar-refractivity contribution in [1.29, 1.82) is 0 Å². The van der Waals surface area contributed by atoms with Gasteiger partial charge in [0.05, 0.1) is 12.7 Å². The second-order valence-corrected chi connectivity index (χ2v) is 7.48. The molecule has 0 atom stereocenters. The van der Waals surface area contributed by atoms with Gasteiger partial charge in [-0.1, -0.05) is 30.3 Å². The summed E-state index contributed by atoms with van der Waals surface area (Å²) in [6.07, 6.45) is 1.11. The number of aromatic nitrogens is 1. The molecule has 6 heteroatoms. The fourth-order valence-electron chi connectivity index (χ4n) is 3.87. The molecule has 4 rings (SSSR count). The molecule has 3 nitrogen and oxygen atoms in total. The lowest BCUT2D eigenvalue weighted by molar-refractivity contribution is -0.137. The van der Waals surface area contributed by atoms with Crippen LogP contribution in [0, 0.1) is 0 Å². The number of pyridine rings is 1. The Hall–Kier alpha value is -2.86. The van der Waals surface area contributed by atoms with Crippen LogP contribution in [0.25, 0.3) is 16.3 Å². The highest BCUT2D eigenvalue weighted by Gasteiger charge is 2.30. The Labute approximate surface area is 173 Å². The first-order valence-electron chi connectivity index (χ1n) is 9.95. The van der Waals surface area contributed by atoms with Crippen LogP contribution in [0.4, 0.5) is 13.2 Å².